The van der Waals surface area contributed by atoms with Gasteiger partial charge in [-0.3, -0.25) is 9.36 Å². The average Bonchev–Trinajstić information content (AvgIpc) is 3.22. The number of rotatable bonds is 7. The molecule has 0 amide bonds. The molecule has 3 aromatic rings. The maximum absolute atomic E-state index is 13.2. The lowest BCUT2D eigenvalue weighted by Gasteiger charge is -2.20. The molecule has 0 saturated carbocycles. The standard InChI is InChI=1S/C19H25N5O2S/c1-14(2)24-16(4)19(15(3)21-24)27(25,26)22-18(13-23-12-8-11-20-23)17-9-6-5-7-10-17/h5-12,14,18,22H,13H2,1-4H3. The Balaban J connectivity index is 1.98. The predicted molar refractivity (Wildman–Crippen MR) is 104 cm³/mol. The van der Waals surface area contributed by atoms with E-state index in [-0.39, 0.29) is 10.9 Å². The van der Waals surface area contributed by atoms with Crippen molar-refractivity contribution < 1.29 is 8.42 Å². The van der Waals surface area contributed by atoms with Crippen LogP contribution in [0.25, 0.3) is 0 Å². The summed E-state index contributed by atoms with van der Waals surface area (Å²) in [6.45, 7) is 7.87. The van der Waals surface area contributed by atoms with E-state index in [1.165, 1.54) is 0 Å². The van der Waals surface area contributed by atoms with Crippen LogP contribution in [0.4, 0.5) is 0 Å². The van der Waals surface area contributed by atoms with Crippen LogP contribution >= 0.6 is 0 Å². The number of hydrogen-bond donors (Lipinski definition) is 1. The van der Waals surface area contributed by atoms with Crippen LogP contribution in [0.5, 0.6) is 0 Å². The summed E-state index contributed by atoms with van der Waals surface area (Å²) in [5.41, 5.74) is 2.02. The minimum atomic E-state index is -3.76. The van der Waals surface area contributed by atoms with E-state index in [0.29, 0.717) is 17.9 Å². The molecule has 2 heterocycles. The number of benzene rings is 1. The number of hydrogen-bond acceptors (Lipinski definition) is 4. The van der Waals surface area contributed by atoms with Crippen molar-refractivity contribution in [3.8, 4) is 0 Å². The highest BCUT2D eigenvalue weighted by Gasteiger charge is 2.28. The van der Waals surface area contributed by atoms with Gasteiger partial charge in [0.25, 0.3) is 0 Å². The maximum atomic E-state index is 13.2. The molecule has 144 valence electrons. The molecule has 2 aromatic heterocycles. The van der Waals surface area contributed by atoms with E-state index in [1.54, 1.807) is 29.4 Å². The number of sulfonamides is 1. The number of nitrogens with one attached hydrogen (secondary N) is 1. The molecular weight excluding hydrogens is 362 g/mol. The first-order chi connectivity index (χ1) is 12.8. The molecule has 1 atom stereocenters. The van der Waals surface area contributed by atoms with Crippen LogP contribution in [0, 0.1) is 13.8 Å². The molecule has 3 rings (SSSR count). The topological polar surface area (TPSA) is 81.8 Å². The monoisotopic (exact) mass is 387 g/mol. The van der Waals surface area contributed by atoms with Crippen LogP contribution in [0.15, 0.2) is 53.7 Å². The van der Waals surface area contributed by atoms with Crippen molar-refractivity contribution in [2.75, 3.05) is 0 Å². The number of nitrogens with zero attached hydrogens (tertiary/aromatic N) is 4. The normalized spacial score (nSPS) is 13.2. The molecule has 0 spiro atoms. The Morgan fingerprint density at radius 1 is 1.11 bits per heavy atom. The predicted octanol–water partition coefficient (Wildman–Crippen LogP) is 3.00. The molecule has 1 aromatic carbocycles. The van der Waals surface area contributed by atoms with E-state index in [4.69, 9.17) is 0 Å². The van der Waals surface area contributed by atoms with Gasteiger partial charge in [0.05, 0.1) is 24.0 Å². The second-order valence-electron chi connectivity index (χ2n) is 6.85. The number of aryl methyl sites for hydroxylation is 1. The van der Waals surface area contributed by atoms with E-state index in [0.717, 1.165) is 5.56 Å². The Labute approximate surface area is 160 Å². The lowest BCUT2D eigenvalue weighted by Crippen LogP contribution is -2.32. The van der Waals surface area contributed by atoms with Crippen LogP contribution in [0.1, 0.15) is 42.9 Å². The van der Waals surface area contributed by atoms with Crippen molar-refractivity contribution in [3.63, 3.8) is 0 Å². The van der Waals surface area contributed by atoms with Gasteiger partial charge in [0.1, 0.15) is 4.90 Å². The lowest BCUT2D eigenvalue weighted by atomic mass is 10.1. The third kappa shape index (κ3) is 4.12. The summed E-state index contributed by atoms with van der Waals surface area (Å²) in [7, 11) is -3.76. The second-order valence-corrected chi connectivity index (χ2v) is 8.50. The third-order valence-electron chi connectivity index (χ3n) is 4.44. The highest BCUT2D eigenvalue weighted by Crippen LogP contribution is 2.25. The molecule has 27 heavy (non-hydrogen) atoms. The molecule has 1 unspecified atom stereocenters. The summed E-state index contributed by atoms with van der Waals surface area (Å²) in [5, 5.41) is 8.62. The van der Waals surface area contributed by atoms with Gasteiger partial charge in [-0.1, -0.05) is 30.3 Å². The van der Waals surface area contributed by atoms with E-state index in [9.17, 15) is 8.42 Å². The zero-order valence-corrected chi connectivity index (χ0v) is 16.8. The average molecular weight is 388 g/mol. The van der Waals surface area contributed by atoms with Crippen LogP contribution in [0.2, 0.25) is 0 Å². The first-order valence-corrected chi connectivity index (χ1v) is 10.4. The molecule has 0 aliphatic rings. The number of aromatic nitrogens is 4. The van der Waals surface area contributed by atoms with Gasteiger partial charge in [0, 0.05) is 18.4 Å². The molecule has 0 bridgehead atoms. The molecule has 0 aliphatic heterocycles. The smallest absolute Gasteiger partial charge is 0.244 e. The van der Waals surface area contributed by atoms with Gasteiger partial charge in [-0.25, -0.2) is 13.1 Å². The van der Waals surface area contributed by atoms with Crippen molar-refractivity contribution in [2.24, 2.45) is 0 Å². The highest BCUT2D eigenvalue weighted by molar-refractivity contribution is 7.89. The Bertz CT molecular complexity index is 992. The van der Waals surface area contributed by atoms with Crippen molar-refractivity contribution in [1.82, 2.24) is 24.3 Å². The zero-order chi connectivity index (χ0) is 19.6. The molecule has 0 fully saturated rings. The van der Waals surface area contributed by atoms with Gasteiger partial charge in [-0.05, 0) is 39.3 Å². The van der Waals surface area contributed by atoms with E-state index in [1.807, 2.05) is 56.4 Å². The minimum Gasteiger partial charge on any atom is -0.271 e. The molecule has 8 heteroatoms. The Kier molecular flexibility index (Phi) is 5.48. The van der Waals surface area contributed by atoms with Crippen LogP contribution in [-0.2, 0) is 16.6 Å². The fourth-order valence-corrected chi connectivity index (χ4v) is 4.89. The SMILES string of the molecule is Cc1nn(C(C)C)c(C)c1S(=O)(=O)NC(Cn1cccn1)c1ccccc1. The largest absolute Gasteiger partial charge is 0.271 e. The summed E-state index contributed by atoms with van der Waals surface area (Å²) >= 11 is 0. The van der Waals surface area contributed by atoms with Crippen molar-refractivity contribution in [1.29, 1.82) is 0 Å². The van der Waals surface area contributed by atoms with Crippen LogP contribution in [-0.4, -0.2) is 28.0 Å². The first-order valence-electron chi connectivity index (χ1n) is 8.90. The molecule has 0 aliphatic carbocycles. The van der Waals surface area contributed by atoms with E-state index in [2.05, 4.69) is 14.9 Å². The van der Waals surface area contributed by atoms with Gasteiger partial charge < -0.3 is 0 Å². The minimum absolute atomic E-state index is 0.0849. The second kappa shape index (κ2) is 7.66. The van der Waals surface area contributed by atoms with Crippen molar-refractivity contribution in [3.05, 3.63) is 65.7 Å². The van der Waals surface area contributed by atoms with E-state index >= 15 is 0 Å². The summed E-state index contributed by atoms with van der Waals surface area (Å²) in [5.74, 6) is 0. The molecular formula is C19H25N5O2S. The van der Waals surface area contributed by atoms with Gasteiger partial charge in [0.2, 0.25) is 10.0 Å². The zero-order valence-electron chi connectivity index (χ0n) is 16.0. The van der Waals surface area contributed by atoms with Crippen molar-refractivity contribution >= 4 is 10.0 Å². The summed E-state index contributed by atoms with van der Waals surface area (Å²) < 4.78 is 32.8. The van der Waals surface area contributed by atoms with Gasteiger partial charge in [-0.2, -0.15) is 10.2 Å². The fraction of sp³-hybridized carbons (Fsp3) is 0.368. The molecule has 1 N–H and O–H groups in total. The fourth-order valence-electron chi connectivity index (χ4n) is 3.28. The molecule has 7 nitrogen and oxygen atoms in total. The van der Waals surface area contributed by atoms with Gasteiger partial charge in [0.15, 0.2) is 0 Å². The maximum Gasteiger partial charge on any atom is 0.244 e. The van der Waals surface area contributed by atoms with Crippen molar-refractivity contribution in [2.45, 2.75) is 51.2 Å². The quantitative estimate of drug-likeness (QED) is 0.676. The Morgan fingerprint density at radius 3 is 2.37 bits per heavy atom. The van der Waals surface area contributed by atoms with Gasteiger partial charge >= 0.3 is 0 Å². The summed E-state index contributed by atoms with van der Waals surface area (Å²) in [6, 6.07) is 11.0. The van der Waals surface area contributed by atoms with Crippen LogP contribution < -0.4 is 4.72 Å². The Morgan fingerprint density at radius 2 is 1.81 bits per heavy atom. The van der Waals surface area contributed by atoms with Gasteiger partial charge in [-0.15, -0.1) is 0 Å². The third-order valence-corrected chi connectivity index (χ3v) is 6.17. The first kappa shape index (κ1) is 19.3. The lowest BCUT2D eigenvalue weighted by molar-refractivity contribution is 0.482. The summed E-state index contributed by atoms with van der Waals surface area (Å²) in [4.78, 5) is 0.248. The Hall–Kier alpha value is -2.45. The van der Waals surface area contributed by atoms with E-state index < -0.39 is 16.1 Å². The summed E-state index contributed by atoms with van der Waals surface area (Å²) in [6.07, 6.45) is 3.50. The highest BCUT2D eigenvalue weighted by atomic mass is 32.2. The molecule has 0 radical (unpaired) electrons. The molecule has 0 saturated heterocycles. The van der Waals surface area contributed by atoms with Crippen LogP contribution in [0.3, 0.4) is 0 Å².